The van der Waals surface area contributed by atoms with Crippen LogP contribution in [0.4, 0.5) is 0 Å². The third kappa shape index (κ3) is 4.37. The molecule has 1 aromatic heterocycles. The zero-order chi connectivity index (χ0) is 15.9. The molecule has 116 valence electrons. The van der Waals surface area contributed by atoms with Gasteiger partial charge in [0.1, 0.15) is 12.1 Å². The summed E-state index contributed by atoms with van der Waals surface area (Å²) in [6.07, 6.45) is 4.14. The third-order valence-corrected chi connectivity index (χ3v) is 3.53. The van der Waals surface area contributed by atoms with Crippen LogP contribution in [0, 0.1) is 4.77 Å². The second-order valence-electron chi connectivity index (χ2n) is 4.90. The Balaban J connectivity index is 1.54. The van der Waals surface area contributed by atoms with E-state index in [-0.39, 0.29) is 0 Å². The van der Waals surface area contributed by atoms with Crippen molar-refractivity contribution in [3.05, 3.63) is 76.8 Å². The maximum Gasteiger partial charge on any atom is 0.216 e. The lowest BCUT2D eigenvalue weighted by atomic mass is 10.2. The van der Waals surface area contributed by atoms with Gasteiger partial charge in [-0.25, -0.2) is 0 Å². The minimum absolute atomic E-state index is 0.460. The van der Waals surface area contributed by atoms with Crippen LogP contribution in [-0.2, 0) is 6.42 Å². The number of nitrogens with one attached hydrogen (secondary N) is 1. The molecule has 1 heterocycles. The molecule has 3 rings (SSSR count). The highest BCUT2D eigenvalue weighted by Gasteiger charge is 1.96. The lowest BCUT2D eigenvalue weighted by Gasteiger charge is -2.06. The first-order valence-corrected chi connectivity index (χ1v) is 7.65. The van der Waals surface area contributed by atoms with E-state index in [1.807, 2.05) is 42.5 Å². The molecule has 2 aromatic carbocycles. The van der Waals surface area contributed by atoms with E-state index in [1.54, 1.807) is 6.21 Å². The molecule has 0 atom stereocenters. The molecular formula is C17H16N4OS. The van der Waals surface area contributed by atoms with Crippen LogP contribution in [0.2, 0.25) is 0 Å². The van der Waals surface area contributed by atoms with Crippen molar-refractivity contribution in [2.45, 2.75) is 6.42 Å². The van der Waals surface area contributed by atoms with Crippen LogP contribution in [0.3, 0.4) is 0 Å². The number of hydrogen-bond donors (Lipinski definition) is 1. The Bertz CT molecular complexity index is 822. The van der Waals surface area contributed by atoms with Gasteiger partial charge >= 0.3 is 0 Å². The van der Waals surface area contributed by atoms with Crippen molar-refractivity contribution in [1.82, 2.24) is 14.9 Å². The molecule has 0 radical (unpaired) electrons. The summed E-state index contributed by atoms with van der Waals surface area (Å²) in [6, 6.07) is 18.1. The number of ether oxygens (including phenoxy) is 1. The van der Waals surface area contributed by atoms with Crippen LogP contribution in [0.25, 0.3) is 0 Å². The van der Waals surface area contributed by atoms with E-state index >= 15 is 0 Å². The van der Waals surface area contributed by atoms with Crippen LogP contribution in [0.15, 0.2) is 66.0 Å². The predicted molar refractivity (Wildman–Crippen MR) is 92.5 cm³/mol. The van der Waals surface area contributed by atoms with Crippen molar-refractivity contribution in [3.63, 3.8) is 0 Å². The van der Waals surface area contributed by atoms with E-state index < -0.39 is 0 Å². The van der Waals surface area contributed by atoms with E-state index in [4.69, 9.17) is 17.0 Å². The number of rotatable bonds is 6. The van der Waals surface area contributed by atoms with Gasteiger partial charge in [0, 0.05) is 6.42 Å². The molecule has 0 aliphatic heterocycles. The summed E-state index contributed by atoms with van der Waals surface area (Å²) in [5.41, 5.74) is 2.23. The fourth-order valence-electron chi connectivity index (χ4n) is 2.04. The molecule has 0 aliphatic carbocycles. The van der Waals surface area contributed by atoms with Gasteiger partial charge < -0.3 is 4.74 Å². The number of aromatic nitrogens is 3. The summed E-state index contributed by atoms with van der Waals surface area (Å²) < 4.78 is 7.71. The van der Waals surface area contributed by atoms with Crippen molar-refractivity contribution in [3.8, 4) is 5.75 Å². The van der Waals surface area contributed by atoms with Crippen LogP contribution in [0.5, 0.6) is 5.75 Å². The number of hydrogen-bond acceptors (Lipinski definition) is 4. The summed E-state index contributed by atoms with van der Waals surface area (Å²) in [4.78, 5) is 0. The molecule has 1 N–H and O–H groups in total. The minimum Gasteiger partial charge on any atom is -0.493 e. The fraction of sp³-hybridized carbons (Fsp3) is 0.118. The summed E-state index contributed by atoms with van der Waals surface area (Å²) in [5.74, 6) is 0.845. The second-order valence-corrected chi connectivity index (χ2v) is 5.29. The summed E-state index contributed by atoms with van der Waals surface area (Å²) in [6.45, 7) is 0.654. The summed E-state index contributed by atoms with van der Waals surface area (Å²) in [5, 5.41) is 10.7. The maximum absolute atomic E-state index is 5.75. The van der Waals surface area contributed by atoms with Crippen molar-refractivity contribution in [2.75, 3.05) is 6.61 Å². The van der Waals surface area contributed by atoms with Gasteiger partial charge in [0.05, 0.1) is 12.8 Å². The molecule has 0 spiro atoms. The normalized spacial score (nSPS) is 11.0. The SMILES string of the molecule is S=c1[nH]ncn1/N=C/c1ccc(OCCc2ccccc2)cc1. The van der Waals surface area contributed by atoms with E-state index in [9.17, 15) is 0 Å². The standard InChI is InChI=1S/C17H16N4OS/c23-17-20-18-13-21(17)19-12-15-6-8-16(9-7-15)22-11-10-14-4-2-1-3-5-14/h1-9,12-13H,10-11H2,(H,20,23)/b19-12+. The minimum atomic E-state index is 0.460. The quantitative estimate of drug-likeness (QED) is 0.558. The number of aromatic amines is 1. The Morgan fingerprint density at radius 3 is 2.61 bits per heavy atom. The van der Waals surface area contributed by atoms with E-state index in [2.05, 4.69) is 27.4 Å². The fourth-order valence-corrected chi connectivity index (χ4v) is 2.18. The number of H-pyrrole nitrogens is 1. The molecule has 6 heteroatoms. The second kappa shape index (κ2) is 7.51. The van der Waals surface area contributed by atoms with Crippen LogP contribution >= 0.6 is 12.2 Å². The van der Waals surface area contributed by atoms with Gasteiger partial charge in [-0.15, -0.1) is 0 Å². The molecule has 0 amide bonds. The lowest BCUT2D eigenvalue weighted by molar-refractivity contribution is 0.322. The molecule has 0 unspecified atom stereocenters. The Morgan fingerprint density at radius 2 is 1.91 bits per heavy atom. The van der Waals surface area contributed by atoms with Crippen molar-refractivity contribution >= 4 is 18.4 Å². The van der Waals surface area contributed by atoms with Crippen LogP contribution in [0.1, 0.15) is 11.1 Å². The first-order valence-electron chi connectivity index (χ1n) is 7.24. The Labute approximate surface area is 139 Å². The van der Waals surface area contributed by atoms with Crippen molar-refractivity contribution in [2.24, 2.45) is 5.10 Å². The van der Waals surface area contributed by atoms with Gasteiger partial charge in [-0.3, -0.25) is 5.10 Å². The van der Waals surface area contributed by atoms with Gasteiger partial charge in [-0.1, -0.05) is 30.3 Å². The van der Waals surface area contributed by atoms with Gasteiger partial charge in [0.2, 0.25) is 4.77 Å². The number of benzene rings is 2. The Hall–Kier alpha value is -2.73. The average molecular weight is 324 g/mol. The number of nitrogens with zero attached hydrogens (tertiary/aromatic N) is 3. The van der Waals surface area contributed by atoms with E-state index in [0.717, 1.165) is 17.7 Å². The van der Waals surface area contributed by atoms with Crippen molar-refractivity contribution in [1.29, 1.82) is 0 Å². The molecule has 5 nitrogen and oxygen atoms in total. The lowest BCUT2D eigenvalue weighted by Crippen LogP contribution is -2.01. The summed E-state index contributed by atoms with van der Waals surface area (Å²) >= 11 is 5.02. The Kier molecular flexibility index (Phi) is 4.95. The molecule has 0 aliphatic rings. The third-order valence-electron chi connectivity index (χ3n) is 3.25. The first kappa shape index (κ1) is 15.2. The molecule has 0 saturated heterocycles. The van der Waals surface area contributed by atoms with Crippen molar-refractivity contribution < 1.29 is 4.74 Å². The van der Waals surface area contributed by atoms with Gasteiger partial charge in [-0.05, 0) is 47.6 Å². The molecule has 0 bridgehead atoms. The van der Waals surface area contributed by atoms with Gasteiger partial charge in [0.25, 0.3) is 0 Å². The first-order chi connectivity index (χ1) is 11.3. The van der Waals surface area contributed by atoms with Gasteiger partial charge in [0.15, 0.2) is 0 Å². The highest BCUT2D eigenvalue weighted by molar-refractivity contribution is 7.71. The molecule has 23 heavy (non-hydrogen) atoms. The zero-order valence-electron chi connectivity index (χ0n) is 12.4. The molecule has 0 saturated carbocycles. The Morgan fingerprint density at radius 1 is 1.13 bits per heavy atom. The topological polar surface area (TPSA) is 55.2 Å². The van der Waals surface area contributed by atoms with E-state index in [1.165, 1.54) is 16.6 Å². The van der Waals surface area contributed by atoms with Gasteiger partial charge in [-0.2, -0.15) is 14.9 Å². The average Bonchev–Trinajstić information content (AvgIpc) is 3.00. The smallest absolute Gasteiger partial charge is 0.216 e. The largest absolute Gasteiger partial charge is 0.493 e. The van der Waals surface area contributed by atoms with Crippen LogP contribution in [-0.4, -0.2) is 27.7 Å². The molecule has 3 aromatic rings. The van der Waals surface area contributed by atoms with Crippen LogP contribution < -0.4 is 4.74 Å². The summed E-state index contributed by atoms with van der Waals surface area (Å²) in [7, 11) is 0. The molecule has 0 fully saturated rings. The van der Waals surface area contributed by atoms with E-state index in [0.29, 0.717) is 11.4 Å². The highest BCUT2D eigenvalue weighted by Crippen LogP contribution is 2.12. The monoisotopic (exact) mass is 324 g/mol. The predicted octanol–water partition coefficient (Wildman–Crippen LogP) is 3.44. The maximum atomic E-state index is 5.75. The highest BCUT2D eigenvalue weighted by atomic mass is 32.1. The zero-order valence-corrected chi connectivity index (χ0v) is 13.2. The molecular weight excluding hydrogens is 308 g/mol.